The maximum absolute atomic E-state index is 14.3. The molecule has 0 atom stereocenters. The summed E-state index contributed by atoms with van der Waals surface area (Å²) in [7, 11) is 0. The average molecular weight is 423 g/mol. The second kappa shape index (κ2) is 7.09. The predicted molar refractivity (Wildman–Crippen MR) is 118 cm³/mol. The van der Waals surface area contributed by atoms with Crippen molar-refractivity contribution in [1.29, 1.82) is 0 Å². The highest BCUT2D eigenvalue weighted by Gasteiger charge is 2.24. The molecule has 6 rings (SSSR count). The Morgan fingerprint density at radius 1 is 0.750 bits per heavy atom. The Balaban J connectivity index is 1.75. The van der Waals surface area contributed by atoms with Crippen molar-refractivity contribution >= 4 is 16.6 Å². The highest BCUT2D eigenvalue weighted by atomic mass is 19.2. The molecule has 3 aromatic carbocycles. The Bertz CT molecular complexity index is 1590. The monoisotopic (exact) mass is 423 g/mol. The fraction of sp³-hybridized carbons (Fsp3) is 0. The molecule has 6 aromatic rings. The van der Waals surface area contributed by atoms with Crippen LogP contribution in [0.3, 0.4) is 0 Å². The molecule has 0 saturated heterocycles. The fourth-order valence-corrected chi connectivity index (χ4v) is 4.08. The van der Waals surface area contributed by atoms with Crippen molar-refractivity contribution in [2.24, 2.45) is 0 Å². The van der Waals surface area contributed by atoms with Gasteiger partial charge in [-0.25, -0.2) is 18.4 Å². The lowest BCUT2D eigenvalue weighted by Gasteiger charge is -2.08. The Morgan fingerprint density at radius 3 is 2.19 bits per heavy atom. The lowest BCUT2D eigenvalue weighted by Crippen LogP contribution is -2.01. The number of hydrogen-bond acceptors (Lipinski definition) is 3. The molecule has 0 radical (unpaired) electrons. The van der Waals surface area contributed by atoms with Gasteiger partial charge in [-0.2, -0.15) is 0 Å². The number of fused-ring (bicyclic) bond motifs is 3. The van der Waals surface area contributed by atoms with Crippen LogP contribution in [0.2, 0.25) is 0 Å². The lowest BCUT2D eigenvalue weighted by atomic mass is 10.0. The second-order valence-electron chi connectivity index (χ2n) is 7.38. The third-order valence-electron chi connectivity index (χ3n) is 5.49. The van der Waals surface area contributed by atoms with Gasteiger partial charge in [0.15, 0.2) is 17.3 Å². The van der Waals surface area contributed by atoms with Crippen LogP contribution in [0.25, 0.3) is 44.8 Å². The molecule has 154 valence electrons. The quantitative estimate of drug-likeness (QED) is 0.368. The van der Waals surface area contributed by atoms with Crippen molar-refractivity contribution in [3.63, 3.8) is 0 Å². The van der Waals surface area contributed by atoms with E-state index in [1.54, 1.807) is 27.5 Å². The molecule has 3 heterocycles. The summed E-state index contributed by atoms with van der Waals surface area (Å²) in [5.41, 5.74) is 4.77. The SMILES string of the molecule is Fc1cc2c(-n3nnc(-c4ccccc4)c3-c3ccccc3)c3ncccn3c2cc1F. The van der Waals surface area contributed by atoms with Crippen molar-refractivity contribution in [3.05, 3.63) is 103 Å². The van der Waals surface area contributed by atoms with Gasteiger partial charge in [0, 0.05) is 35.0 Å². The lowest BCUT2D eigenvalue weighted by molar-refractivity contribution is 0.510. The molecule has 0 fully saturated rings. The summed E-state index contributed by atoms with van der Waals surface area (Å²) >= 11 is 0. The van der Waals surface area contributed by atoms with E-state index in [-0.39, 0.29) is 0 Å². The molecule has 0 bridgehead atoms. The normalized spacial score (nSPS) is 11.4. The van der Waals surface area contributed by atoms with Crippen LogP contribution in [0.1, 0.15) is 0 Å². The van der Waals surface area contributed by atoms with Crippen molar-refractivity contribution in [2.45, 2.75) is 0 Å². The van der Waals surface area contributed by atoms with Crippen LogP contribution in [0.4, 0.5) is 8.78 Å². The minimum Gasteiger partial charge on any atom is -0.299 e. The molecule has 0 unspecified atom stereocenters. The van der Waals surface area contributed by atoms with Crippen LogP contribution in [-0.2, 0) is 0 Å². The Morgan fingerprint density at radius 2 is 1.44 bits per heavy atom. The largest absolute Gasteiger partial charge is 0.299 e. The van der Waals surface area contributed by atoms with E-state index in [1.165, 1.54) is 12.1 Å². The minimum atomic E-state index is -0.931. The van der Waals surface area contributed by atoms with Crippen LogP contribution in [0.5, 0.6) is 0 Å². The standard InChI is InChI=1S/C25H15F2N5/c26-19-14-18-21(15-20(19)27)31-13-7-12-28-25(31)24(18)32-23(17-10-5-2-6-11-17)22(29-30-32)16-8-3-1-4-9-16/h1-15H. The molecule has 0 amide bonds. The highest BCUT2D eigenvalue weighted by molar-refractivity contribution is 5.98. The van der Waals surface area contributed by atoms with Gasteiger partial charge in [-0.15, -0.1) is 5.10 Å². The molecule has 32 heavy (non-hydrogen) atoms. The van der Waals surface area contributed by atoms with Gasteiger partial charge in [0.05, 0.1) is 5.52 Å². The topological polar surface area (TPSA) is 48.0 Å². The zero-order valence-corrected chi connectivity index (χ0v) is 16.7. The number of nitrogens with zero attached hydrogens (tertiary/aromatic N) is 5. The number of hydrogen-bond donors (Lipinski definition) is 0. The van der Waals surface area contributed by atoms with E-state index in [1.807, 2.05) is 60.7 Å². The fourth-order valence-electron chi connectivity index (χ4n) is 4.08. The van der Waals surface area contributed by atoms with Gasteiger partial charge in [-0.05, 0) is 12.1 Å². The molecule has 0 saturated carbocycles. The molecule has 0 aliphatic rings. The van der Waals surface area contributed by atoms with E-state index in [2.05, 4.69) is 15.3 Å². The predicted octanol–water partition coefficient (Wildman–Crippen LogP) is 5.68. The smallest absolute Gasteiger partial charge is 0.164 e. The molecule has 7 heteroatoms. The molecule has 0 spiro atoms. The summed E-state index contributed by atoms with van der Waals surface area (Å²) in [5.74, 6) is -1.85. The van der Waals surface area contributed by atoms with Gasteiger partial charge >= 0.3 is 0 Å². The van der Waals surface area contributed by atoms with E-state index in [9.17, 15) is 8.78 Å². The van der Waals surface area contributed by atoms with Gasteiger partial charge in [0.25, 0.3) is 0 Å². The van der Waals surface area contributed by atoms with Crippen LogP contribution >= 0.6 is 0 Å². The van der Waals surface area contributed by atoms with Crippen molar-refractivity contribution < 1.29 is 8.78 Å². The Kier molecular flexibility index (Phi) is 4.07. The molecule has 3 aromatic heterocycles. The van der Waals surface area contributed by atoms with E-state index < -0.39 is 11.6 Å². The minimum absolute atomic E-state index is 0.490. The van der Waals surface area contributed by atoms with E-state index in [4.69, 9.17) is 0 Å². The molecule has 5 nitrogen and oxygen atoms in total. The van der Waals surface area contributed by atoms with Gasteiger partial charge in [-0.3, -0.25) is 4.40 Å². The van der Waals surface area contributed by atoms with Gasteiger partial charge in [0.1, 0.15) is 17.1 Å². The van der Waals surface area contributed by atoms with E-state index in [0.29, 0.717) is 27.9 Å². The zero-order chi connectivity index (χ0) is 21.7. The molecular formula is C25H15F2N5. The molecule has 0 aliphatic heterocycles. The van der Waals surface area contributed by atoms with E-state index in [0.717, 1.165) is 16.8 Å². The zero-order valence-electron chi connectivity index (χ0n) is 16.7. The summed E-state index contributed by atoms with van der Waals surface area (Å²) in [6.45, 7) is 0. The summed E-state index contributed by atoms with van der Waals surface area (Å²) in [6, 6.07) is 23.6. The first kappa shape index (κ1) is 18.4. The summed E-state index contributed by atoms with van der Waals surface area (Å²) < 4.78 is 31.8. The first-order valence-electron chi connectivity index (χ1n) is 10.0. The van der Waals surface area contributed by atoms with E-state index >= 15 is 0 Å². The average Bonchev–Trinajstić information content (AvgIpc) is 3.40. The van der Waals surface area contributed by atoms with Crippen LogP contribution in [0, 0.1) is 11.6 Å². The van der Waals surface area contributed by atoms with Crippen molar-refractivity contribution in [1.82, 2.24) is 24.4 Å². The van der Waals surface area contributed by atoms with Crippen LogP contribution in [-0.4, -0.2) is 24.4 Å². The Hall–Kier alpha value is -4.39. The van der Waals surface area contributed by atoms with Crippen molar-refractivity contribution in [2.75, 3.05) is 0 Å². The first-order chi connectivity index (χ1) is 15.7. The number of rotatable bonds is 3. The third kappa shape index (κ3) is 2.71. The number of benzene rings is 3. The summed E-state index contributed by atoms with van der Waals surface area (Å²) in [4.78, 5) is 4.50. The summed E-state index contributed by atoms with van der Waals surface area (Å²) in [5, 5.41) is 9.43. The van der Waals surface area contributed by atoms with Gasteiger partial charge < -0.3 is 0 Å². The molecule has 0 N–H and O–H groups in total. The van der Waals surface area contributed by atoms with Crippen molar-refractivity contribution in [3.8, 4) is 28.2 Å². The molecular weight excluding hydrogens is 408 g/mol. The molecule has 0 aliphatic carbocycles. The van der Waals surface area contributed by atoms with Gasteiger partial charge in [-0.1, -0.05) is 65.9 Å². The second-order valence-corrected chi connectivity index (χ2v) is 7.38. The van der Waals surface area contributed by atoms with Crippen LogP contribution < -0.4 is 0 Å². The van der Waals surface area contributed by atoms with Crippen LogP contribution in [0.15, 0.2) is 91.3 Å². The first-order valence-corrected chi connectivity index (χ1v) is 10.0. The van der Waals surface area contributed by atoms with Gasteiger partial charge in [0.2, 0.25) is 0 Å². The summed E-state index contributed by atoms with van der Waals surface area (Å²) in [6.07, 6.45) is 3.41. The maximum atomic E-state index is 14.3. The number of aromatic nitrogens is 5. The third-order valence-corrected chi connectivity index (χ3v) is 5.49. The highest BCUT2D eigenvalue weighted by Crippen LogP contribution is 2.36. The Labute approximate surface area is 181 Å². The number of halogens is 2. The maximum Gasteiger partial charge on any atom is 0.164 e.